The lowest BCUT2D eigenvalue weighted by atomic mass is 10.1. The van der Waals surface area contributed by atoms with Gasteiger partial charge in [0.15, 0.2) is 0 Å². The Labute approximate surface area is 134 Å². The summed E-state index contributed by atoms with van der Waals surface area (Å²) in [7, 11) is -3.29. The summed E-state index contributed by atoms with van der Waals surface area (Å²) >= 11 is 0. The highest BCUT2D eigenvalue weighted by atomic mass is 31.2. The molecule has 1 aromatic carbocycles. The molecule has 0 fully saturated rings. The Hall–Kier alpha value is -1.33. The van der Waals surface area contributed by atoms with Crippen LogP contribution >= 0.6 is 7.60 Å². The highest BCUT2D eigenvalue weighted by Gasteiger charge is 2.33. The van der Waals surface area contributed by atoms with Crippen molar-refractivity contribution in [2.45, 2.75) is 34.6 Å². The van der Waals surface area contributed by atoms with Crippen LogP contribution in [0.3, 0.4) is 0 Å². The van der Waals surface area contributed by atoms with E-state index in [0.717, 1.165) is 11.1 Å². The number of hydrogen-bond acceptors (Lipinski definition) is 3. The minimum Gasteiger partial charge on any atom is -0.306 e. The van der Waals surface area contributed by atoms with Gasteiger partial charge in [-0.1, -0.05) is 35.6 Å². The van der Waals surface area contributed by atoms with Crippen molar-refractivity contribution in [3.63, 3.8) is 0 Å². The van der Waals surface area contributed by atoms with Crippen LogP contribution in [-0.4, -0.2) is 13.2 Å². The van der Waals surface area contributed by atoms with Crippen molar-refractivity contribution in [3.8, 4) is 11.8 Å². The van der Waals surface area contributed by atoms with Crippen LogP contribution in [0.1, 0.15) is 40.2 Å². The molecule has 0 N–H and O–H groups in total. The summed E-state index contributed by atoms with van der Waals surface area (Å²) in [5.74, 6) is 6.08. The smallest absolute Gasteiger partial charge is 0.306 e. The van der Waals surface area contributed by atoms with E-state index in [1.54, 1.807) is 0 Å². The fourth-order valence-corrected chi connectivity index (χ4v) is 4.36. The molecule has 0 aliphatic rings. The van der Waals surface area contributed by atoms with E-state index in [2.05, 4.69) is 11.8 Å². The van der Waals surface area contributed by atoms with Crippen LogP contribution in [0, 0.1) is 17.8 Å². The highest BCUT2D eigenvalue weighted by molar-refractivity contribution is 7.58. The maximum absolute atomic E-state index is 13.0. The van der Waals surface area contributed by atoms with Crippen molar-refractivity contribution < 1.29 is 13.6 Å². The molecule has 0 spiro atoms. The zero-order valence-corrected chi connectivity index (χ0v) is 14.9. The van der Waals surface area contributed by atoms with Crippen LogP contribution in [0.5, 0.6) is 0 Å². The normalized spacial score (nSPS) is 12.2. The molecule has 22 heavy (non-hydrogen) atoms. The molecule has 0 aliphatic carbocycles. The first-order chi connectivity index (χ1) is 10.4. The molecule has 0 aromatic heterocycles. The monoisotopic (exact) mass is 320 g/mol. The van der Waals surface area contributed by atoms with Crippen molar-refractivity contribution in [1.82, 2.24) is 0 Å². The molecule has 120 valence electrons. The van der Waals surface area contributed by atoms with E-state index in [1.807, 2.05) is 65.0 Å². The average Bonchev–Trinajstić information content (AvgIpc) is 2.46. The Bertz CT molecular complexity index is 594. The van der Waals surface area contributed by atoms with E-state index in [4.69, 9.17) is 9.05 Å². The first kappa shape index (κ1) is 18.7. The zero-order chi connectivity index (χ0) is 16.6. The van der Waals surface area contributed by atoms with Gasteiger partial charge in [0.2, 0.25) is 0 Å². The van der Waals surface area contributed by atoms with Gasteiger partial charge in [0.1, 0.15) is 0 Å². The van der Waals surface area contributed by atoms with E-state index in [9.17, 15) is 4.57 Å². The van der Waals surface area contributed by atoms with Gasteiger partial charge in [-0.25, -0.2) is 0 Å². The Morgan fingerprint density at radius 2 is 1.68 bits per heavy atom. The third-order valence-electron chi connectivity index (χ3n) is 3.02. The van der Waals surface area contributed by atoms with Crippen molar-refractivity contribution in [1.29, 1.82) is 0 Å². The topological polar surface area (TPSA) is 35.5 Å². The van der Waals surface area contributed by atoms with Gasteiger partial charge in [-0.2, -0.15) is 0 Å². The van der Waals surface area contributed by atoms with Crippen LogP contribution in [0.25, 0.3) is 0 Å². The minimum absolute atomic E-state index is 0.200. The third kappa shape index (κ3) is 5.14. The summed E-state index contributed by atoms with van der Waals surface area (Å²) in [5, 5.41) is 0.666. The molecular formula is C18H25O3P. The molecule has 1 unspecified atom stereocenters. The largest absolute Gasteiger partial charge is 0.358 e. The lowest BCUT2D eigenvalue weighted by Crippen LogP contribution is -2.06. The highest BCUT2D eigenvalue weighted by Crippen LogP contribution is 2.59. The molecule has 0 heterocycles. The summed E-state index contributed by atoms with van der Waals surface area (Å²) in [6.45, 7) is 10.1. The zero-order valence-electron chi connectivity index (χ0n) is 14.1. The quantitative estimate of drug-likeness (QED) is 0.531. The van der Waals surface area contributed by atoms with E-state index in [-0.39, 0.29) is 5.92 Å². The Morgan fingerprint density at radius 1 is 1.14 bits per heavy atom. The Morgan fingerprint density at radius 3 is 2.14 bits per heavy atom. The Kier molecular flexibility index (Phi) is 7.62. The summed E-state index contributed by atoms with van der Waals surface area (Å²) in [5.41, 5.74) is 1.87. The molecule has 0 aliphatic heterocycles. The summed E-state index contributed by atoms with van der Waals surface area (Å²) in [6, 6.07) is 9.75. The molecule has 0 amide bonds. The second-order valence-electron chi connectivity index (χ2n) is 5.08. The van der Waals surface area contributed by atoms with Crippen molar-refractivity contribution in [3.05, 3.63) is 46.8 Å². The lowest BCUT2D eigenvalue weighted by molar-refractivity contribution is 0.224. The second kappa shape index (κ2) is 8.96. The van der Waals surface area contributed by atoms with E-state index in [0.29, 0.717) is 18.5 Å². The first-order valence-electron chi connectivity index (χ1n) is 7.58. The first-order valence-corrected chi connectivity index (χ1v) is 9.12. The molecule has 0 radical (unpaired) electrons. The van der Waals surface area contributed by atoms with Gasteiger partial charge in [-0.05, 0) is 46.8 Å². The van der Waals surface area contributed by atoms with Crippen molar-refractivity contribution in [2.75, 3.05) is 13.2 Å². The average molecular weight is 320 g/mol. The molecule has 1 aromatic rings. The number of rotatable bonds is 6. The van der Waals surface area contributed by atoms with Gasteiger partial charge in [0.05, 0.1) is 24.4 Å². The van der Waals surface area contributed by atoms with Crippen LogP contribution in [0.15, 0.2) is 41.2 Å². The predicted octanol–water partition coefficient (Wildman–Crippen LogP) is 5.23. The van der Waals surface area contributed by atoms with Crippen LogP contribution in [0.4, 0.5) is 0 Å². The van der Waals surface area contributed by atoms with Gasteiger partial charge in [-0.15, -0.1) is 0 Å². The maximum Gasteiger partial charge on any atom is 0.358 e. The van der Waals surface area contributed by atoms with Gasteiger partial charge in [-0.3, -0.25) is 4.57 Å². The molecule has 3 nitrogen and oxygen atoms in total. The number of allylic oxidation sites excluding steroid dienone is 2. The van der Waals surface area contributed by atoms with Crippen LogP contribution in [-0.2, 0) is 13.6 Å². The van der Waals surface area contributed by atoms with Crippen LogP contribution in [0.2, 0.25) is 0 Å². The van der Waals surface area contributed by atoms with E-state index in [1.165, 1.54) is 0 Å². The molecule has 1 rings (SSSR count). The maximum atomic E-state index is 13.0. The molecule has 0 saturated heterocycles. The second-order valence-corrected chi connectivity index (χ2v) is 7.07. The molecule has 1 atom stereocenters. The summed E-state index contributed by atoms with van der Waals surface area (Å²) in [4.78, 5) is 0. The van der Waals surface area contributed by atoms with E-state index < -0.39 is 7.60 Å². The standard InChI is InChI=1S/C18H25O3P/c1-6-20-22(19,21-7-2)18(15(3)4)16(5)13-14-17-11-9-8-10-12-17/h8-12,16H,6-7H2,1-5H3. The molecule has 0 bridgehead atoms. The molecular weight excluding hydrogens is 295 g/mol. The summed E-state index contributed by atoms with van der Waals surface area (Å²) in [6.07, 6.45) is 0. The van der Waals surface area contributed by atoms with Gasteiger partial charge in [0, 0.05) is 5.56 Å². The molecule has 4 heteroatoms. The van der Waals surface area contributed by atoms with Crippen LogP contribution < -0.4 is 0 Å². The van der Waals surface area contributed by atoms with Gasteiger partial charge < -0.3 is 9.05 Å². The van der Waals surface area contributed by atoms with Crippen molar-refractivity contribution in [2.24, 2.45) is 5.92 Å². The Balaban J connectivity index is 3.14. The number of hydrogen-bond donors (Lipinski definition) is 0. The fourth-order valence-electron chi connectivity index (χ4n) is 2.24. The van der Waals surface area contributed by atoms with E-state index >= 15 is 0 Å². The lowest BCUT2D eigenvalue weighted by Gasteiger charge is -2.23. The van der Waals surface area contributed by atoms with Gasteiger partial charge >= 0.3 is 7.60 Å². The van der Waals surface area contributed by atoms with Gasteiger partial charge in [0.25, 0.3) is 0 Å². The number of benzene rings is 1. The minimum atomic E-state index is -3.29. The fraction of sp³-hybridized carbons (Fsp3) is 0.444. The predicted molar refractivity (Wildman–Crippen MR) is 91.7 cm³/mol. The molecule has 0 saturated carbocycles. The third-order valence-corrected chi connectivity index (χ3v) is 5.64. The summed E-state index contributed by atoms with van der Waals surface area (Å²) < 4.78 is 24.0. The van der Waals surface area contributed by atoms with Crippen molar-refractivity contribution >= 4 is 7.60 Å². The SMILES string of the molecule is CCOP(=O)(OCC)C(=C(C)C)C(C)C#Cc1ccccc1.